The molecular formula is C19H21NO3. The number of amides is 1. The second kappa shape index (κ2) is 7.79. The molecule has 1 aliphatic heterocycles. The highest BCUT2D eigenvalue weighted by Crippen LogP contribution is 2.14. The van der Waals surface area contributed by atoms with Crippen LogP contribution in [0.5, 0.6) is 5.75 Å². The minimum Gasteiger partial charge on any atom is -0.489 e. The van der Waals surface area contributed by atoms with E-state index in [1.165, 1.54) is 0 Å². The summed E-state index contributed by atoms with van der Waals surface area (Å²) in [7, 11) is 0. The highest BCUT2D eigenvalue weighted by molar-refractivity contribution is 5.78. The molecule has 0 spiro atoms. The van der Waals surface area contributed by atoms with Gasteiger partial charge in [0.15, 0.2) is 0 Å². The van der Waals surface area contributed by atoms with Crippen molar-refractivity contribution < 1.29 is 14.3 Å². The first kappa shape index (κ1) is 15.6. The van der Waals surface area contributed by atoms with E-state index in [1.807, 2.05) is 48.5 Å². The summed E-state index contributed by atoms with van der Waals surface area (Å²) in [6, 6.07) is 17.8. The lowest BCUT2D eigenvalue weighted by Gasteiger charge is -2.11. The summed E-state index contributed by atoms with van der Waals surface area (Å²) in [5.74, 6) is 0.931. The average Bonchev–Trinajstić information content (AvgIpc) is 3.14. The van der Waals surface area contributed by atoms with Gasteiger partial charge in [-0.05, 0) is 29.7 Å². The molecular weight excluding hydrogens is 290 g/mol. The Labute approximate surface area is 136 Å². The van der Waals surface area contributed by atoms with Crippen molar-refractivity contribution in [1.82, 2.24) is 5.32 Å². The van der Waals surface area contributed by atoms with Gasteiger partial charge in [0.25, 0.3) is 0 Å². The van der Waals surface area contributed by atoms with Crippen LogP contribution in [0.3, 0.4) is 0 Å². The van der Waals surface area contributed by atoms with Crippen LogP contribution in [-0.4, -0.2) is 19.1 Å². The summed E-state index contributed by atoms with van der Waals surface area (Å²) in [5, 5.41) is 2.98. The van der Waals surface area contributed by atoms with E-state index in [0.29, 0.717) is 26.4 Å². The number of rotatable bonds is 6. The van der Waals surface area contributed by atoms with Crippen LogP contribution in [0.1, 0.15) is 17.5 Å². The van der Waals surface area contributed by atoms with Crippen molar-refractivity contribution >= 4 is 5.91 Å². The maximum absolute atomic E-state index is 12.0. The number of para-hydroxylation sites is 1. The van der Waals surface area contributed by atoms with Gasteiger partial charge in [0.1, 0.15) is 12.4 Å². The van der Waals surface area contributed by atoms with Crippen LogP contribution in [-0.2, 0) is 22.7 Å². The summed E-state index contributed by atoms with van der Waals surface area (Å²) in [6.45, 7) is 2.28. The number of nitrogens with one attached hydrogen (secondary N) is 1. The number of hydrogen-bond donors (Lipinski definition) is 1. The molecule has 4 heteroatoms. The second-order valence-corrected chi connectivity index (χ2v) is 5.70. The van der Waals surface area contributed by atoms with Gasteiger partial charge in [-0.3, -0.25) is 4.79 Å². The molecule has 120 valence electrons. The quantitative estimate of drug-likeness (QED) is 0.892. The molecule has 0 bridgehead atoms. The van der Waals surface area contributed by atoms with E-state index in [1.54, 1.807) is 0 Å². The van der Waals surface area contributed by atoms with Gasteiger partial charge >= 0.3 is 0 Å². The Morgan fingerprint density at radius 3 is 2.74 bits per heavy atom. The van der Waals surface area contributed by atoms with Gasteiger partial charge in [0.05, 0.1) is 12.5 Å². The van der Waals surface area contributed by atoms with E-state index in [4.69, 9.17) is 9.47 Å². The Balaban J connectivity index is 1.51. The largest absolute Gasteiger partial charge is 0.489 e. The highest BCUT2D eigenvalue weighted by atomic mass is 16.5. The lowest BCUT2D eigenvalue weighted by molar-refractivity contribution is -0.125. The molecule has 1 atom stereocenters. The molecule has 1 heterocycles. The van der Waals surface area contributed by atoms with E-state index in [-0.39, 0.29) is 11.8 Å². The van der Waals surface area contributed by atoms with E-state index >= 15 is 0 Å². The third-order valence-corrected chi connectivity index (χ3v) is 3.91. The predicted molar refractivity (Wildman–Crippen MR) is 88.0 cm³/mol. The van der Waals surface area contributed by atoms with Crippen molar-refractivity contribution in [2.24, 2.45) is 5.92 Å². The molecule has 2 aromatic rings. The molecule has 23 heavy (non-hydrogen) atoms. The molecule has 3 rings (SSSR count). The standard InChI is InChI=1S/C19H21NO3/c21-19(17-9-10-22-14-17)20-12-15-5-4-6-16(11-15)13-23-18-7-2-1-3-8-18/h1-8,11,17H,9-10,12-14H2,(H,20,21). The van der Waals surface area contributed by atoms with Gasteiger partial charge in [-0.25, -0.2) is 0 Å². The van der Waals surface area contributed by atoms with Crippen LogP contribution in [0.4, 0.5) is 0 Å². The van der Waals surface area contributed by atoms with Crippen molar-refractivity contribution in [2.45, 2.75) is 19.6 Å². The first-order valence-corrected chi connectivity index (χ1v) is 7.92. The van der Waals surface area contributed by atoms with E-state index < -0.39 is 0 Å². The zero-order chi connectivity index (χ0) is 15.9. The normalized spacial score (nSPS) is 17.0. The zero-order valence-electron chi connectivity index (χ0n) is 13.0. The van der Waals surface area contributed by atoms with Gasteiger partial charge in [0, 0.05) is 13.2 Å². The molecule has 2 aromatic carbocycles. The minimum atomic E-state index is -0.000374. The molecule has 0 saturated carbocycles. The van der Waals surface area contributed by atoms with E-state index in [2.05, 4.69) is 11.4 Å². The van der Waals surface area contributed by atoms with Crippen molar-refractivity contribution in [3.63, 3.8) is 0 Å². The Morgan fingerprint density at radius 2 is 1.96 bits per heavy atom. The fourth-order valence-electron chi connectivity index (χ4n) is 2.59. The molecule has 1 saturated heterocycles. The van der Waals surface area contributed by atoms with Crippen molar-refractivity contribution in [3.8, 4) is 5.75 Å². The molecule has 1 N–H and O–H groups in total. The van der Waals surface area contributed by atoms with E-state index in [0.717, 1.165) is 23.3 Å². The monoisotopic (exact) mass is 311 g/mol. The number of benzene rings is 2. The Morgan fingerprint density at radius 1 is 1.13 bits per heavy atom. The highest BCUT2D eigenvalue weighted by Gasteiger charge is 2.22. The van der Waals surface area contributed by atoms with Gasteiger partial charge < -0.3 is 14.8 Å². The van der Waals surface area contributed by atoms with Crippen LogP contribution < -0.4 is 10.1 Å². The topological polar surface area (TPSA) is 47.6 Å². The zero-order valence-corrected chi connectivity index (χ0v) is 13.0. The van der Waals surface area contributed by atoms with Crippen LogP contribution in [0.2, 0.25) is 0 Å². The van der Waals surface area contributed by atoms with Crippen LogP contribution in [0.25, 0.3) is 0 Å². The maximum Gasteiger partial charge on any atom is 0.225 e. The van der Waals surface area contributed by atoms with Crippen LogP contribution >= 0.6 is 0 Å². The Kier molecular flexibility index (Phi) is 5.27. The third-order valence-electron chi connectivity index (χ3n) is 3.91. The second-order valence-electron chi connectivity index (χ2n) is 5.70. The lowest BCUT2D eigenvalue weighted by atomic mass is 10.1. The predicted octanol–water partition coefficient (Wildman–Crippen LogP) is 2.92. The smallest absolute Gasteiger partial charge is 0.225 e. The fourth-order valence-corrected chi connectivity index (χ4v) is 2.59. The fraction of sp³-hybridized carbons (Fsp3) is 0.316. The van der Waals surface area contributed by atoms with Crippen molar-refractivity contribution in [1.29, 1.82) is 0 Å². The van der Waals surface area contributed by atoms with Crippen LogP contribution in [0.15, 0.2) is 54.6 Å². The van der Waals surface area contributed by atoms with Gasteiger partial charge in [-0.15, -0.1) is 0 Å². The minimum absolute atomic E-state index is 0.000374. The summed E-state index contributed by atoms with van der Waals surface area (Å²) >= 11 is 0. The Bertz CT molecular complexity index is 636. The van der Waals surface area contributed by atoms with Crippen molar-refractivity contribution in [2.75, 3.05) is 13.2 Å². The summed E-state index contributed by atoms with van der Waals surface area (Å²) in [6.07, 6.45) is 0.816. The molecule has 1 amide bonds. The number of hydrogen-bond acceptors (Lipinski definition) is 3. The molecule has 1 aliphatic rings. The molecule has 0 radical (unpaired) electrons. The number of carbonyl (C=O) groups excluding carboxylic acids is 1. The summed E-state index contributed by atoms with van der Waals surface area (Å²) in [5.41, 5.74) is 2.16. The average molecular weight is 311 g/mol. The number of ether oxygens (including phenoxy) is 2. The van der Waals surface area contributed by atoms with E-state index in [9.17, 15) is 4.79 Å². The van der Waals surface area contributed by atoms with Crippen molar-refractivity contribution in [3.05, 3.63) is 65.7 Å². The Hall–Kier alpha value is -2.33. The summed E-state index contributed by atoms with van der Waals surface area (Å²) < 4.78 is 11.0. The molecule has 1 unspecified atom stereocenters. The first-order chi connectivity index (χ1) is 11.3. The molecule has 1 fully saturated rings. The number of carbonyl (C=O) groups is 1. The maximum atomic E-state index is 12.0. The lowest BCUT2D eigenvalue weighted by Crippen LogP contribution is -2.30. The summed E-state index contributed by atoms with van der Waals surface area (Å²) in [4.78, 5) is 12.0. The molecule has 0 aromatic heterocycles. The molecule has 4 nitrogen and oxygen atoms in total. The first-order valence-electron chi connectivity index (χ1n) is 7.92. The molecule has 0 aliphatic carbocycles. The SMILES string of the molecule is O=C(NCc1cccc(COc2ccccc2)c1)C1CCOC1. The third kappa shape index (κ3) is 4.57. The van der Waals surface area contributed by atoms with Gasteiger partial charge in [-0.2, -0.15) is 0 Å². The van der Waals surface area contributed by atoms with Gasteiger partial charge in [0.2, 0.25) is 5.91 Å². The van der Waals surface area contributed by atoms with Gasteiger partial charge in [-0.1, -0.05) is 42.5 Å². The van der Waals surface area contributed by atoms with Crippen LogP contribution in [0, 0.1) is 5.92 Å².